The third kappa shape index (κ3) is 5.11. The maximum absolute atomic E-state index is 12.5. The van der Waals surface area contributed by atoms with Gasteiger partial charge in [0.15, 0.2) is 17.5 Å². The zero-order valence-corrected chi connectivity index (χ0v) is 18.8. The molecular weight excluding hydrogens is 434 g/mol. The smallest absolute Gasteiger partial charge is 0.250 e. The van der Waals surface area contributed by atoms with Gasteiger partial charge in [0.1, 0.15) is 4.21 Å². The first kappa shape index (κ1) is 21.5. The van der Waals surface area contributed by atoms with E-state index in [-0.39, 0.29) is 9.92 Å². The van der Waals surface area contributed by atoms with Crippen LogP contribution in [0.2, 0.25) is 0 Å². The second-order valence-electron chi connectivity index (χ2n) is 7.53. The van der Waals surface area contributed by atoms with Crippen molar-refractivity contribution in [3.05, 3.63) is 35.7 Å². The van der Waals surface area contributed by atoms with E-state index in [1.54, 1.807) is 18.3 Å². The molecular formula is C20H31N7O2S2. The Morgan fingerprint density at radius 3 is 2.90 bits per heavy atom. The first-order chi connectivity index (χ1) is 14.9. The average Bonchev–Trinajstić information content (AvgIpc) is 3.25. The van der Waals surface area contributed by atoms with Crippen molar-refractivity contribution >= 4 is 33.0 Å². The van der Waals surface area contributed by atoms with Gasteiger partial charge in [0.25, 0.3) is 0 Å². The van der Waals surface area contributed by atoms with Crippen LogP contribution < -0.4 is 10.0 Å². The molecule has 0 amide bonds. The lowest BCUT2D eigenvalue weighted by molar-refractivity contribution is 0.412. The monoisotopic (exact) mass is 465 g/mol. The van der Waals surface area contributed by atoms with Crippen molar-refractivity contribution in [3.8, 4) is 23.0 Å². The summed E-state index contributed by atoms with van der Waals surface area (Å²) in [5, 5.41) is 10.5. The van der Waals surface area contributed by atoms with Crippen LogP contribution >= 0.6 is 11.3 Å². The van der Waals surface area contributed by atoms with Gasteiger partial charge in [0.2, 0.25) is 10.0 Å². The lowest BCUT2D eigenvalue weighted by atomic mass is 10.3. The summed E-state index contributed by atoms with van der Waals surface area (Å²) in [7, 11) is 0.180. The summed E-state index contributed by atoms with van der Waals surface area (Å²) < 4.78 is 27.8. The first-order valence-electron chi connectivity index (χ1n) is 9.76. The Bertz CT molecular complexity index is 1240. The van der Waals surface area contributed by atoms with E-state index in [1.165, 1.54) is 12.8 Å². The predicted octanol–water partition coefficient (Wildman–Crippen LogP) is 3.35. The van der Waals surface area contributed by atoms with Gasteiger partial charge in [-0.3, -0.25) is 5.10 Å². The first-order valence-corrected chi connectivity index (χ1v) is 12.1. The van der Waals surface area contributed by atoms with E-state index in [2.05, 4.69) is 36.1 Å². The number of nitrogens with one attached hydrogen (secondary N) is 3. The number of thiophene rings is 1. The van der Waals surface area contributed by atoms with E-state index in [0.29, 0.717) is 46.9 Å². The molecule has 9 nitrogen and oxygen atoms in total. The van der Waals surface area contributed by atoms with Gasteiger partial charge in [0.05, 0.1) is 10.4 Å². The van der Waals surface area contributed by atoms with Crippen LogP contribution in [0.5, 0.6) is 0 Å². The van der Waals surface area contributed by atoms with Crippen LogP contribution in [0.15, 0.2) is 28.6 Å². The minimum atomic E-state index is -3.59. The van der Waals surface area contributed by atoms with Crippen molar-refractivity contribution < 1.29 is 14.1 Å². The third-order valence-corrected chi connectivity index (χ3v) is 7.76. The third-order valence-electron chi connectivity index (χ3n) is 4.72. The Kier molecular flexibility index (Phi) is 6.06. The number of likely N-dealkylation sites (N-methyl/N-ethyl adjacent to an activating group) is 1. The average molecular weight is 466 g/mol. The molecule has 1 saturated carbocycles. The molecule has 0 unspecified atom stereocenters. The summed E-state index contributed by atoms with van der Waals surface area (Å²) in [5.41, 5.74) is 1.59. The molecule has 0 aromatic carbocycles. The van der Waals surface area contributed by atoms with Crippen LogP contribution in [0.4, 0.5) is 11.6 Å². The standard InChI is InChI=1S/C20H23N7O2S2.4H2/c1-4-13-12-21-20(24-19(13)23-17-11-15(25-26-17)14-5-6-14)16-7-8-18(30-16)31(28,29)22-9-10-27(2)3;;;;/h1,7-8,11-12,14,22H,5-6,9-10H2,2-3H3,(H2,21,23,24,25,26);4*1H. The number of anilines is 2. The Morgan fingerprint density at radius 2 is 2.19 bits per heavy atom. The van der Waals surface area contributed by atoms with Gasteiger partial charge in [-0.15, -0.1) is 17.8 Å². The van der Waals surface area contributed by atoms with E-state index in [1.807, 2.05) is 25.1 Å². The highest BCUT2D eigenvalue weighted by Crippen LogP contribution is 2.39. The fraction of sp³-hybridized carbons (Fsp3) is 0.350. The number of rotatable bonds is 9. The summed E-state index contributed by atoms with van der Waals surface area (Å²) in [5.74, 6) is 4.58. The molecule has 0 spiro atoms. The zero-order valence-electron chi connectivity index (χ0n) is 17.2. The van der Waals surface area contributed by atoms with Crippen molar-refractivity contribution in [1.82, 2.24) is 29.8 Å². The van der Waals surface area contributed by atoms with Gasteiger partial charge >= 0.3 is 0 Å². The van der Waals surface area contributed by atoms with Gasteiger partial charge in [-0.1, -0.05) is 5.92 Å². The number of hydrogen-bond donors (Lipinski definition) is 3. The molecule has 1 fully saturated rings. The predicted molar refractivity (Wildman–Crippen MR) is 129 cm³/mol. The normalized spacial score (nSPS) is 14.0. The molecule has 3 aromatic heterocycles. The summed E-state index contributed by atoms with van der Waals surface area (Å²) >= 11 is 1.11. The molecule has 4 rings (SSSR count). The fourth-order valence-corrected chi connectivity index (χ4v) is 5.20. The topological polar surface area (TPSA) is 116 Å². The second-order valence-corrected chi connectivity index (χ2v) is 10.6. The van der Waals surface area contributed by atoms with Crippen molar-refractivity contribution in [2.75, 3.05) is 32.5 Å². The maximum atomic E-state index is 12.5. The van der Waals surface area contributed by atoms with Gasteiger partial charge in [0, 0.05) is 42.7 Å². The highest BCUT2D eigenvalue weighted by molar-refractivity contribution is 7.91. The van der Waals surface area contributed by atoms with Crippen molar-refractivity contribution in [2.24, 2.45) is 0 Å². The number of terminal acetylenes is 1. The van der Waals surface area contributed by atoms with Crippen molar-refractivity contribution in [1.29, 1.82) is 0 Å². The number of aromatic nitrogens is 4. The van der Waals surface area contributed by atoms with E-state index < -0.39 is 10.0 Å². The van der Waals surface area contributed by atoms with E-state index >= 15 is 0 Å². The number of nitrogens with zero attached hydrogens (tertiary/aromatic N) is 4. The molecule has 3 N–H and O–H groups in total. The fourth-order valence-electron chi connectivity index (χ4n) is 2.89. The molecule has 1 aliphatic carbocycles. The molecule has 3 aromatic rings. The van der Waals surface area contributed by atoms with Crippen LogP contribution in [0.1, 0.15) is 35.7 Å². The van der Waals surface area contributed by atoms with Crippen LogP contribution in [0, 0.1) is 12.3 Å². The Hall–Kier alpha value is -2.78. The lowest BCUT2D eigenvalue weighted by Crippen LogP contribution is -2.30. The summed E-state index contributed by atoms with van der Waals surface area (Å²) in [6.07, 6.45) is 9.48. The van der Waals surface area contributed by atoms with Crippen LogP contribution in [-0.2, 0) is 10.0 Å². The van der Waals surface area contributed by atoms with Crippen LogP contribution in [-0.4, -0.2) is 60.7 Å². The van der Waals surface area contributed by atoms with Gasteiger partial charge in [-0.25, -0.2) is 23.1 Å². The highest BCUT2D eigenvalue weighted by atomic mass is 32.2. The largest absolute Gasteiger partial charge is 0.322 e. The minimum absolute atomic E-state index is 0. The molecule has 0 aliphatic heterocycles. The number of hydrogen-bond acceptors (Lipinski definition) is 8. The van der Waals surface area contributed by atoms with E-state index in [4.69, 9.17) is 6.42 Å². The molecule has 0 bridgehead atoms. The molecule has 3 heterocycles. The molecule has 1 aliphatic rings. The molecule has 170 valence electrons. The van der Waals surface area contributed by atoms with Crippen molar-refractivity contribution in [3.63, 3.8) is 0 Å². The second kappa shape index (κ2) is 8.76. The van der Waals surface area contributed by atoms with Crippen LogP contribution in [0.3, 0.4) is 0 Å². The Labute approximate surface area is 191 Å². The maximum Gasteiger partial charge on any atom is 0.250 e. The minimum Gasteiger partial charge on any atom is -0.322 e. The number of sulfonamides is 1. The molecule has 0 saturated heterocycles. The number of aromatic amines is 1. The number of H-pyrrole nitrogens is 1. The molecule has 0 atom stereocenters. The molecule has 11 heteroatoms. The summed E-state index contributed by atoms with van der Waals surface area (Å²) in [6, 6.07) is 5.20. The van der Waals surface area contributed by atoms with Crippen molar-refractivity contribution in [2.45, 2.75) is 23.0 Å². The van der Waals surface area contributed by atoms with Gasteiger partial charge in [-0.2, -0.15) is 5.10 Å². The van der Waals surface area contributed by atoms with Gasteiger partial charge in [-0.05, 0) is 39.1 Å². The summed E-state index contributed by atoms with van der Waals surface area (Å²) in [6.45, 7) is 0.940. The zero-order chi connectivity index (χ0) is 22.0. The van der Waals surface area contributed by atoms with E-state index in [9.17, 15) is 8.42 Å². The molecule has 0 radical (unpaired) electrons. The molecule has 31 heavy (non-hydrogen) atoms. The van der Waals surface area contributed by atoms with Crippen LogP contribution in [0.25, 0.3) is 10.7 Å². The summed E-state index contributed by atoms with van der Waals surface area (Å²) in [4.78, 5) is 11.4. The SMILES string of the molecule is C#Cc1cnc(-c2ccc(S(=O)(=O)NCCN(C)C)s2)nc1Nc1cc(C2CC2)[nH]n1.[HH].[HH].[HH].[HH]. The Balaban J connectivity index is 0.00000289. The lowest BCUT2D eigenvalue weighted by Gasteiger charge is -2.09. The quantitative estimate of drug-likeness (QED) is 0.415. The highest BCUT2D eigenvalue weighted by Gasteiger charge is 2.25. The Morgan fingerprint density at radius 1 is 1.39 bits per heavy atom. The van der Waals surface area contributed by atoms with E-state index in [0.717, 1.165) is 17.0 Å². The van der Waals surface area contributed by atoms with Gasteiger partial charge < -0.3 is 10.2 Å².